The van der Waals surface area contributed by atoms with Crippen LogP contribution >= 0.6 is 0 Å². The number of nitrogens with one attached hydrogen (secondary N) is 1. The highest BCUT2D eigenvalue weighted by Crippen LogP contribution is 2.23. The van der Waals surface area contributed by atoms with Crippen molar-refractivity contribution in [2.24, 2.45) is 4.99 Å². The molecule has 0 bridgehead atoms. The lowest BCUT2D eigenvalue weighted by Gasteiger charge is -2.06. The first kappa shape index (κ1) is 15.8. The summed E-state index contributed by atoms with van der Waals surface area (Å²) in [7, 11) is 0. The predicted octanol–water partition coefficient (Wildman–Crippen LogP) is 5.50. The van der Waals surface area contributed by atoms with E-state index in [4.69, 9.17) is 0 Å². The number of aryl methyl sites for hydroxylation is 2. The Balaban J connectivity index is 1.72. The molecule has 0 atom stereocenters. The standard InChI is InChI=1S/C21H20N2O/c1-15-12-17(13-16(2)21(15)24)14-22-18-8-10-20(11-9-18)23-19-6-4-3-5-7-19/h3-14,23-24H,1-2H3. The fraction of sp³-hybridized carbons (Fsp3) is 0.0952. The van der Waals surface area contributed by atoms with E-state index >= 15 is 0 Å². The molecule has 3 heteroatoms. The zero-order valence-corrected chi connectivity index (χ0v) is 13.8. The van der Waals surface area contributed by atoms with Crippen LogP contribution in [0.3, 0.4) is 0 Å². The maximum Gasteiger partial charge on any atom is 0.121 e. The van der Waals surface area contributed by atoms with E-state index in [1.54, 1.807) is 0 Å². The summed E-state index contributed by atoms with van der Waals surface area (Å²) in [5.41, 5.74) is 5.67. The van der Waals surface area contributed by atoms with Crippen LogP contribution in [0.5, 0.6) is 5.75 Å². The molecule has 0 heterocycles. The van der Waals surface area contributed by atoms with Crippen LogP contribution in [0.25, 0.3) is 0 Å². The van der Waals surface area contributed by atoms with E-state index < -0.39 is 0 Å². The third kappa shape index (κ3) is 3.82. The zero-order chi connectivity index (χ0) is 16.9. The molecule has 3 aromatic carbocycles. The second kappa shape index (κ2) is 7.01. The first-order valence-corrected chi connectivity index (χ1v) is 7.88. The van der Waals surface area contributed by atoms with Gasteiger partial charge in [-0.25, -0.2) is 0 Å². The normalized spacial score (nSPS) is 10.9. The lowest BCUT2D eigenvalue weighted by atomic mass is 10.1. The molecule has 0 aliphatic heterocycles. The van der Waals surface area contributed by atoms with Gasteiger partial charge in [0, 0.05) is 17.6 Å². The van der Waals surface area contributed by atoms with Crippen LogP contribution < -0.4 is 5.32 Å². The fourth-order valence-electron chi connectivity index (χ4n) is 2.53. The molecule has 0 fully saturated rings. The van der Waals surface area contributed by atoms with Gasteiger partial charge in [-0.15, -0.1) is 0 Å². The van der Waals surface area contributed by atoms with Crippen molar-refractivity contribution >= 4 is 23.3 Å². The van der Waals surface area contributed by atoms with E-state index in [1.165, 1.54) is 0 Å². The van der Waals surface area contributed by atoms with E-state index in [-0.39, 0.29) is 0 Å². The van der Waals surface area contributed by atoms with Gasteiger partial charge in [0.25, 0.3) is 0 Å². The molecule has 0 spiro atoms. The minimum Gasteiger partial charge on any atom is -0.507 e. The lowest BCUT2D eigenvalue weighted by molar-refractivity contribution is 0.467. The lowest BCUT2D eigenvalue weighted by Crippen LogP contribution is -1.89. The SMILES string of the molecule is Cc1cc(C=Nc2ccc(Nc3ccccc3)cc2)cc(C)c1O. The van der Waals surface area contributed by atoms with Crippen molar-refractivity contribution in [1.29, 1.82) is 0 Å². The number of phenols is 1. The minimum absolute atomic E-state index is 0.350. The minimum atomic E-state index is 0.350. The molecule has 0 aliphatic rings. The van der Waals surface area contributed by atoms with Crippen molar-refractivity contribution < 1.29 is 5.11 Å². The number of nitrogens with zero attached hydrogens (tertiary/aromatic N) is 1. The van der Waals surface area contributed by atoms with Crippen LogP contribution in [0.4, 0.5) is 17.1 Å². The molecule has 0 aromatic heterocycles. The molecule has 120 valence electrons. The highest BCUT2D eigenvalue weighted by molar-refractivity contribution is 5.83. The molecular formula is C21H20N2O. The Kier molecular flexibility index (Phi) is 4.62. The highest BCUT2D eigenvalue weighted by Gasteiger charge is 2.01. The van der Waals surface area contributed by atoms with Gasteiger partial charge < -0.3 is 10.4 Å². The Bertz CT molecular complexity index is 830. The zero-order valence-electron chi connectivity index (χ0n) is 13.8. The van der Waals surface area contributed by atoms with Gasteiger partial charge in [-0.2, -0.15) is 0 Å². The summed E-state index contributed by atoms with van der Waals surface area (Å²) in [5.74, 6) is 0.350. The van der Waals surface area contributed by atoms with E-state index in [9.17, 15) is 5.11 Å². The number of hydrogen-bond acceptors (Lipinski definition) is 3. The van der Waals surface area contributed by atoms with Crippen molar-refractivity contribution in [3.63, 3.8) is 0 Å². The number of aliphatic imine (C=N–C) groups is 1. The number of rotatable bonds is 4. The van der Waals surface area contributed by atoms with Gasteiger partial charge in [0.1, 0.15) is 5.75 Å². The van der Waals surface area contributed by atoms with Crippen LogP contribution in [-0.4, -0.2) is 11.3 Å². The van der Waals surface area contributed by atoms with Crippen molar-refractivity contribution in [3.8, 4) is 5.75 Å². The monoisotopic (exact) mass is 316 g/mol. The first-order chi connectivity index (χ1) is 11.6. The highest BCUT2D eigenvalue weighted by atomic mass is 16.3. The average molecular weight is 316 g/mol. The topological polar surface area (TPSA) is 44.6 Å². The number of anilines is 2. The maximum absolute atomic E-state index is 9.82. The van der Waals surface area contributed by atoms with E-state index in [0.717, 1.165) is 33.8 Å². The van der Waals surface area contributed by atoms with Gasteiger partial charge in [-0.05, 0) is 79.1 Å². The Hall–Kier alpha value is -3.07. The predicted molar refractivity (Wildman–Crippen MR) is 101 cm³/mol. The van der Waals surface area contributed by atoms with Crippen LogP contribution in [0.15, 0.2) is 71.7 Å². The van der Waals surface area contributed by atoms with Crippen molar-refractivity contribution in [2.75, 3.05) is 5.32 Å². The molecule has 2 N–H and O–H groups in total. The molecule has 0 unspecified atom stereocenters. The molecule has 0 saturated carbocycles. The summed E-state index contributed by atoms with van der Waals surface area (Å²) >= 11 is 0. The van der Waals surface area contributed by atoms with E-state index in [1.807, 2.05) is 86.8 Å². The maximum atomic E-state index is 9.82. The molecule has 3 aromatic rings. The molecule has 24 heavy (non-hydrogen) atoms. The van der Waals surface area contributed by atoms with E-state index in [0.29, 0.717) is 5.75 Å². The quantitative estimate of drug-likeness (QED) is 0.624. The number of para-hydroxylation sites is 1. The second-order valence-electron chi connectivity index (χ2n) is 5.80. The van der Waals surface area contributed by atoms with Gasteiger partial charge >= 0.3 is 0 Å². The van der Waals surface area contributed by atoms with Crippen LogP contribution in [-0.2, 0) is 0 Å². The largest absolute Gasteiger partial charge is 0.507 e. The third-order valence-electron chi connectivity index (χ3n) is 3.81. The van der Waals surface area contributed by atoms with Crippen molar-refractivity contribution in [3.05, 3.63) is 83.4 Å². The molecule has 0 radical (unpaired) electrons. The van der Waals surface area contributed by atoms with Gasteiger partial charge in [-0.3, -0.25) is 4.99 Å². The summed E-state index contributed by atoms with van der Waals surface area (Å²) < 4.78 is 0. The van der Waals surface area contributed by atoms with Crippen LogP contribution in [0, 0.1) is 13.8 Å². The Labute approximate surface area is 142 Å². The van der Waals surface area contributed by atoms with Gasteiger partial charge in [-0.1, -0.05) is 18.2 Å². The molecule has 0 aliphatic carbocycles. The number of benzene rings is 3. The summed E-state index contributed by atoms with van der Waals surface area (Å²) in [6, 6.07) is 21.9. The molecular weight excluding hydrogens is 296 g/mol. The number of hydrogen-bond donors (Lipinski definition) is 2. The fourth-order valence-corrected chi connectivity index (χ4v) is 2.53. The second-order valence-corrected chi connectivity index (χ2v) is 5.80. The summed E-state index contributed by atoms with van der Waals surface area (Å²) in [6.07, 6.45) is 1.82. The first-order valence-electron chi connectivity index (χ1n) is 7.88. The average Bonchev–Trinajstić information content (AvgIpc) is 2.60. The van der Waals surface area contributed by atoms with Crippen molar-refractivity contribution in [1.82, 2.24) is 0 Å². The van der Waals surface area contributed by atoms with Gasteiger partial charge in [0.2, 0.25) is 0 Å². The molecule has 0 saturated heterocycles. The van der Waals surface area contributed by atoms with Crippen LogP contribution in [0.2, 0.25) is 0 Å². The Morgan fingerprint density at radius 3 is 2.04 bits per heavy atom. The summed E-state index contributed by atoms with van der Waals surface area (Å²) in [6.45, 7) is 3.79. The molecule has 3 nitrogen and oxygen atoms in total. The van der Waals surface area contributed by atoms with Crippen LogP contribution in [0.1, 0.15) is 16.7 Å². The number of aromatic hydroxyl groups is 1. The third-order valence-corrected chi connectivity index (χ3v) is 3.81. The molecule has 3 rings (SSSR count). The van der Waals surface area contributed by atoms with E-state index in [2.05, 4.69) is 10.3 Å². The van der Waals surface area contributed by atoms with Gasteiger partial charge in [0.05, 0.1) is 5.69 Å². The number of phenolic OH excluding ortho intramolecular Hbond substituents is 1. The smallest absolute Gasteiger partial charge is 0.121 e. The Morgan fingerprint density at radius 1 is 0.833 bits per heavy atom. The Morgan fingerprint density at radius 2 is 1.42 bits per heavy atom. The summed E-state index contributed by atoms with van der Waals surface area (Å²) in [5, 5.41) is 13.2. The summed E-state index contributed by atoms with van der Waals surface area (Å²) in [4.78, 5) is 4.50. The van der Waals surface area contributed by atoms with Crippen molar-refractivity contribution in [2.45, 2.75) is 13.8 Å². The molecule has 0 amide bonds. The van der Waals surface area contributed by atoms with Gasteiger partial charge in [0.15, 0.2) is 0 Å².